The van der Waals surface area contributed by atoms with Gasteiger partial charge in [-0.3, -0.25) is 9.48 Å². The average Bonchev–Trinajstić information content (AvgIpc) is 2.77. The van der Waals surface area contributed by atoms with Gasteiger partial charge in [0.05, 0.1) is 18.4 Å². The standard InChI is InChI=1S/C17H18F2N2O3/c1-10-16(11(2)21(3)20-10)13(22)7-5-12-6-8-14(23-4)15(9-12)24-17(18)19/h5-9,17H,1-4H3/b7-5+. The number of hydrogen-bond acceptors (Lipinski definition) is 4. The van der Waals surface area contributed by atoms with E-state index in [1.54, 1.807) is 24.7 Å². The van der Waals surface area contributed by atoms with Gasteiger partial charge >= 0.3 is 6.61 Å². The van der Waals surface area contributed by atoms with Crippen LogP contribution in [0.15, 0.2) is 24.3 Å². The first kappa shape index (κ1) is 17.7. The Balaban J connectivity index is 2.26. The number of alkyl halides is 2. The number of aromatic nitrogens is 2. The Hall–Kier alpha value is -2.70. The highest BCUT2D eigenvalue weighted by Gasteiger charge is 2.15. The summed E-state index contributed by atoms with van der Waals surface area (Å²) in [7, 11) is 3.13. The third-order valence-electron chi connectivity index (χ3n) is 3.59. The van der Waals surface area contributed by atoms with Crippen molar-refractivity contribution < 1.29 is 23.0 Å². The molecule has 0 spiro atoms. The van der Waals surface area contributed by atoms with E-state index < -0.39 is 6.61 Å². The van der Waals surface area contributed by atoms with E-state index in [0.717, 1.165) is 5.69 Å². The van der Waals surface area contributed by atoms with Crippen molar-refractivity contribution in [3.8, 4) is 11.5 Å². The molecule has 0 N–H and O–H groups in total. The number of nitrogens with zero attached hydrogens (tertiary/aromatic N) is 2. The van der Waals surface area contributed by atoms with E-state index in [4.69, 9.17) is 4.74 Å². The maximum Gasteiger partial charge on any atom is 0.387 e. The number of rotatable bonds is 6. The van der Waals surface area contributed by atoms with Gasteiger partial charge in [-0.15, -0.1) is 0 Å². The lowest BCUT2D eigenvalue weighted by atomic mass is 10.1. The molecular weight excluding hydrogens is 318 g/mol. The van der Waals surface area contributed by atoms with Crippen LogP contribution < -0.4 is 9.47 Å². The molecule has 0 radical (unpaired) electrons. The second kappa shape index (κ2) is 7.25. The van der Waals surface area contributed by atoms with Crippen molar-refractivity contribution in [1.82, 2.24) is 9.78 Å². The first-order valence-corrected chi connectivity index (χ1v) is 7.19. The lowest BCUT2D eigenvalue weighted by Gasteiger charge is -2.10. The van der Waals surface area contributed by atoms with Crippen molar-refractivity contribution in [3.05, 3.63) is 46.8 Å². The maximum absolute atomic E-state index is 12.4. The number of carbonyl (C=O) groups excluding carboxylic acids is 1. The fourth-order valence-corrected chi connectivity index (χ4v) is 2.37. The highest BCUT2D eigenvalue weighted by Crippen LogP contribution is 2.30. The van der Waals surface area contributed by atoms with Crippen molar-refractivity contribution in [2.45, 2.75) is 20.5 Å². The quantitative estimate of drug-likeness (QED) is 0.598. The van der Waals surface area contributed by atoms with E-state index in [-0.39, 0.29) is 17.3 Å². The molecule has 0 bridgehead atoms. The van der Waals surface area contributed by atoms with Gasteiger partial charge in [0, 0.05) is 12.7 Å². The number of methoxy groups -OCH3 is 1. The molecule has 128 valence electrons. The van der Waals surface area contributed by atoms with Crippen molar-refractivity contribution in [3.63, 3.8) is 0 Å². The summed E-state index contributed by atoms with van der Waals surface area (Å²) in [6.45, 7) is 0.611. The molecule has 0 saturated carbocycles. The molecule has 0 saturated heterocycles. The van der Waals surface area contributed by atoms with Crippen LogP contribution in [0, 0.1) is 13.8 Å². The fraction of sp³-hybridized carbons (Fsp3) is 0.294. The second-order valence-electron chi connectivity index (χ2n) is 5.16. The zero-order chi connectivity index (χ0) is 17.9. The highest BCUT2D eigenvalue weighted by atomic mass is 19.3. The summed E-state index contributed by atoms with van der Waals surface area (Å²) in [6, 6.07) is 4.53. The van der Waals surface area contributed by atoms with Gasteiger partial charge in [0.1, 0.15) is 0 Å². The molecule has 7 heteroatoms. The van der Waals surface area contributed by atoms with Crippen molar-refractivity contribution in [2.75, 3.05) is 7.11 Å². The van der Waals surface area contributed by atoms with Gasteiger partial charge in [0.15, 0.2) is 17.3 Å². The molecule has 2 rings (SSSR count). The number of hydrogen-bond donors (Lipinski definition) is 0. The Morgan fingerprint density at radius 2 is 2.00 bits per heavy atom. The first-order chi connectivity index (χ1) is 11.3. The minimum atomic E-state index is -2.96. The van der Waals surface area contributed by atoms with E-state index in [2.05, 4.69) is 9.84 Å². The molecular formula is C17H18F2N2O3. The van der Waals surface area contributed by atoms with Crippen LogP contribution in [0.4, 0.5) is 8.78 Å². The molecule has 0 aliphatic carbocycles. The number of ether oxygens (including phenoxy) is 2. The molecule has 0 unspecified atom stereocenters. The SMILES string of the molecule is COc1ccc(/C=C/C(=O)c2c(C)nn(C)c2C)cc1OC(F)F. The summed E-state index contributed by atoms with van der Waals surface area (Å²) < 4.78 is 35.9. The highest BCUT2D eigenvalue weighted by molar-refractivity contribution is 6.08. The lowest BCUT2D eigenvalue weighted by molar-refractivity contribution is -0.0512. The Morgan fingerprint density at radius 3 is 2.54 bits per heavy atom. The topological polar surface area (TPSA) is 53.3 Å². The van der Waals surface area contributed by atoms with Gasteiger partial charge in [-0.1, -0.05) is 12.1 Å². The molecule has 24 heavy (non-hydrogen) atoms. The van der Waals surface area contributed by atoms with E-state index in [1.807, 2.05) is 6.92 Å². The summed E-state index contributed by atoms with van der Waals surface area (Å²) in [5.41, 5.74) is 2.48. The van der Waals surface area contributed by atoms with Crippen molar-refractivity contribution in [1.29, 1.82) is 0 Å². The number of benzene rings is 1. The summed E-state index contributed by atoms with van der Waals surface area (Å²) in [5.74, 6) is -0.0983. The van der Waals surface area contributed by atoms with Crippen LogP contribution in [0.25, 0.3) is 6.08 Å². The fourth-order valence-electron chi connectivity index (χ4n) is 2.37. The second-order valence-corrected chi connectivity index (χ2v) is 5.16. The Bertz CT molecular complexity index is 782. The molecule has 0 fully saturated rings. The minimum Gasteiger partial charge on any atom is -0.493 e. The third kappa shape index (κ3) is 3.79. The van der Waals surface area contributed by atoms with E-state index in [9.17, 15) is 13.6 Å². The monoisotopic (exact) mass is 336 g/mol. The molecule has 1 aromatic carbocycles. The maximum atomic E-state index is 12.4. The van der Waals surface area contributed by atoms with E-state index in [0.29, 0.717) is 16.8 Å². The third-order valence-corrected chi connectivity index (χ3v) is 3.59. The summed E-state index contributed by atoms with van der Waals surface area (Å²) in [6.07, 6.45) is 2.91. The normalized spacial score (nSPS) is 11.3. The van der Waals surface area contributed by atoms with Gasteiger partial charge in [-0.2, -0.15) is 13.9 Å². The lowest BCUT2D eigenvalue weighted by Crippen LogP contribution is -2.03. The number of ketones is 1. The van der Waals surface area contributed by atoms with E-state index in [1.165, 1.54) is 31.4 Å². The van der Waals surface area contributed by atoms with E-state index >= 15 is 0 Å². The van der Waals surface area contributed by atoms with Gasteiger partial charge in [0.2, 0.25) is 0 Å². The van der Waals surface area contributed by atoms with Crippen LogP contribution >= 0.6 is 0 Å². The molecule has 2 aromatic rings. The van der Waals surface area contributed by atoms with Crippen LogP contribution in [-0.2, 0) is 7.05 Å². The summed E-state index contributed by atoms with van der Waals surface area (Å²) in [4.78, 5) is 12.3. The van der Waals surface area contributed by atoms with Crippen LogP contribution in [0.2, 0.25) is 0 Å². The molecule has 1 heterocycles. The van der Waals surface area contributed by atoms with Crippen LogP contribution in [0.3, 0.4) is 0 Å². The molecule has 0 aliphatic heterocycles. The molecule has 0 amide bonds. The number of allylic oxidation sites excluding steroid dienone is 1. The van der Waals surface area contributed by atoms with Crippen molar-refractivity contribution >= 4 is 11.9 Å². The smallest absolute Gasteiger partial charge is 0.387 e. The molecule has 1 aromatic heterocycles. The van der Waals surface area contributed by atoms with Crippen LogP contribution in [0.1, 0.15) is 27.3 Å². The summed E-state index contributed by atoms with van der Waals surface area (Å²) in [5, 5.41) is 4.20. The largest absolute Gasteiger partial charge is 0.493 e. The van der Waals surface area contributed by atoms with Gasteiger partial charge in [-0.25, -0.2) is 0 Å². The minimum absolute atomic E-state index is 0.0872. The number of aryl methyl sites for hydroxylation is 2. The van der Waals surface area contributed by atoms with Gasteiger partial charge < -0.3 is 9.47 Å². The predicted molar refractivity (Wildman–Crippen MR) is 85.7 cm³/mol. The predicted octanol–water partition coefficient (Wildman–Crippen LogP) is 3.54. The first-order valence-electron chi connectivity index (χ1n) is 7.19. The molecule has 5 nitrogen and oxygen atoms in total. The zero-order valence-electron chi connectivity index (χ0n) is 13.8. The Morgan fingerprint density at radius 1 is 1.29 bits per heavy atom. The number of halogens is 2. The Labute approximate surface area is 138 Å². The van der Waals surface area contributed by atoms with Crippen LogP contribution in [0.5, 0.6) is 11.5 Å². The van der Waals surface area contributed by atoms with Crippen LogP contribution in [-0.4, -0.2) is 29.3 Å². The molecule has 0 aliphatic rings. The summed E-state index contributed by atoms with van der Waals surface area (Å²) >= 11 is 0. The van der Waals surface area contributed by atoms with Gasteiger partial charge in [-0.05, 0) is 37.6 Å². The average molecular weight is 336 g/mol. The number of carbonyl (C=O) groups is 1. The molecule has 0 atom stereocenters. The zero-order valence-corrected chi connectivity index (χ0v) is 13.8. The van der Waals surface area contributed by atoms with Gasteiger partial charge in [0.25, 0.3) is 0 Å². The Kier molecular flexibility index (Phi) is 5.33. The van der Waals surface area contributed by atoms with Crippen molar-refractivity contribution in [2.24, 2.45) is 7.05 Å².